The fourth-order valence-corrected chi connectivity index (χ4v) is 4.16. The third-order valence-electron chi connectivity index (χ3n) is 5.79. The highest BCUT2D eigenvalue weighted by Crippen LogP contribution is 2.37. The number of carbonyl (C=O) groups is 3. The van der Waals surface area contributed by atoms with Gasteiger partial charge in [-0.25, -0.2) is 0 Å². The molecule has 6 nitrogen and oxygen atoms in total. The van der Waals surface area contributed by atoms with Crippen molar-refractivity contribution in [1.82, 2.24) is 10.2 Å². The maximum atomic E-state index is 13.4. The van der Waals surface area contributed by atoms with Gasteiger partial charge in [0.2, 0.25) is 11.8 Å². The second kappa shape index (κ2) is 8.22. The monoisotopic (exact) mass is 415 g/mol. The number of hydrogen-bond acceptors (Lipinski definition) is 3. The van der Waals surface area contributed by atoms with Gasteiger partial charge in [-0.05, 0) is 36.9 Å². The number of benzene rings is 3. The molecule has 0 saturated carbocycles. The minimum atomic E-state index is -0.672. The number of likely N-dealkylation sites (N-methyl/N-ethyl adjacent to an activating group) is 1. The first kappa shape index (κ1) is 20.6. The number of anilines is 1. The average Bonchev–Trinajstić information content (AvgIpc) is 3.04. The summed E-state index contributed by atoms with van der Waals surface area (Å²) in [5.74, 6) is -0.724. The molecule has 0 spiro atoms. The van der Waals surface area contributed by atoms with Crippen molar-refractivity contribution in [2.24, 2.45) is 0 Å². The van der Waals surface area contributed by atoms with Crippen LogP contribution in [0.3, 0.4) is 0 Å². The zero-order valence-corrected chi connectivity index (χ0v) is 17.9. The molecule has 0 aliphatic carbocycles. The van der Waals surface area contributed by atoms with Gasteiger partial charge in [-0.3, -0.25) is 19.3 Å². The van der Waals surface area contributed by atoms with Crippen LogP contribution in [-0.4, -0.2) is 42.3 Å². The van der Waals surface area contributed by atoms with Crippen LogP contribution in [0.4, 0.5) is 5.69 Å². The Morgan fingerprint density at radius 1 is 1.06 bits per heavy atom. The van der Waals surface area contributed by atoms with Crippen LogP contribution in [0.2, 0.25) is 0 Å². The van der Waals surface area contributed by atoms with E-state index < -0.39 is 6.04 Å². The normalized spacial score (nSPS) is 13.4. The molecule has 1 N–H and O–H groups in total. The topological polar surface area (TPSA) is 69.7 Å². The first-order chi connectivity index (χ1) is 14.9. The van der Waals surface area contributed by atoms with E-state index in [1.807, 2.05) is 61.5 Å². The molecule has 0 bridgehead atoms. The fraction of sp³-hybridized carbons (Fsp3) is 0.240. The number of rotatable bonds is 6. The molecule has 1 unspecified atom stereocenters. The van der Waals surface area contributed by atoms with Gasteiger partial charge in [0.25, 0.3) is 5.91 Å². The van der Waals surface area contributed by atoms with Crippen molar-refractivity contribution in [3.8, 4) is 0 Å². The lowest BCUT2D eigenvalue weighted by Crippen LogP contribution is -2.50. The summed E-state index contributed by atoms with van der Waals surface area (Å²) in [4.78, 5) is 41.9. The van der Waals surface area contributed by atoms with Gasteiger partial charge in [0, 0.05) is 24.5 Å². The van der Waals surface area contributed by atoms with E-state index in [1.165, 1.54) is 9.80 Å². The largest absolute Gasteiger partial charge is 0.357 e. The second-order valence-corrected chi connectivity index (χ2v) is 7.87. The summed E-state index contributed by atoms with van der Waals surface area (Å²) < 4.78 is 0. The fourth-order valence-electron chi connectivity index (χ4n) is 4.16. The van der Waals surface area contributed by atoms with Gasteiger partial charge < -0.3 is 10.2 Å². The second-order valence-electron chi connectivity index (χ2n) is 7.87. The molecule has 0 radical (unpaired) electrons. The summed E-state index contributed by atoms with van der Waals surface area (Å²) in [7, 11) is 1.55. The third-order valence-corrected chi connectivity index (χ3v) is 5.79. The van der Waals surface area contributed by atoms with Crippen molar-refractivity contribution in [2.75, 3.05) is 18.5 Å². The quantitative estimate of drug-likeness (QED) is 0.672. The van der Waals surface area contributed by atoms with Crippen molar-refractivity contribution >= 4 is 34.2 Å². The lowest BCUT2D eigenvalue weighted by atomic mass is 10.1. The molecule has 4 rings (SSSR count). The van der Waals surface area contributed by atoms with E-state index in [9.17, 15) is 14.4 Å². The Kier molecular flexibility index (Phi) is 5.46. The maximum Gasteiger partial charge on any atom is 0.259 e. The summed E-state index contributed by atoms with van der Waals surface area (Å²) in [6.07, 6.45) is 0. The van der Waals surface area contributed by atoms with Crippen LogP contribution >= 0.6 is 0 Å². The zero-order valence-electron chi connectivity index (χ0n) is 17.9. The van der Waals surface area contributed by atoms with Gasteiger partial charge in [0.1, 0.15) is 12.6 Å². The van der Waals surface area contributed by atoms with Crippen molar-refractivity contribution < 1.29 is 14.4 Å². The van der Waals surface area contributed by atoms with Gasteiger partial charge in [-0.2, -0.15) is 0 Å². The lowest BCUT2D eigenvalue weighted by molar-refractivity contribution is -0.139. The number of nitrogens with one attached hydrogen (secondary N) is 1. The van der Waals surface area contributed by atoms with Crippen LogP contribution in [0.15, 0.2) is 60.7 Å². The van der Waals surface area contributed by atoms with Gasteiger partial charge in [-0.15, -0.1) is 0 Å². The number of nitrogens with zero attached hydrogens (tertiary/aromatic N) is 2. The van der Waals surface area contributed by atoms with Crippen molar-refractivity contribution in [3.63, 3.8) is 0 Å². The Bertz CT molecular complexity index is 1180. The molecule has 3 amide bonds. The van der Waals surface area contributed by atoms with Gasteiger partial charge in [0.15, 0.2) is 0 Å². The van der Waals surface area contributed by atoms with Crippen LogP contribution in [0.1, 0.15) is 28.4 Å². The smallest absolute Gasteiger partial charge is 0.259 e. The number of aryl methyl sites for hydroxylation is 1. The number of amides is 3. The molecule has 1 heterocycles. The number of carbonyl (C=O) groups excluding carboxylic acids is 3. The Morgan fingerprint density at radius 2 is 1.77 bits per heavy atom. The molecule has 0 aromatic heterocycles. The molecular weight excluding hydrogens is 390 g/mol. The molecule has 31 heavy (non-hydrogen) atoms. The highest BCUT2D eigenvalue weighted by molar-refractivity contribution is 6.26. The molecule has 1 aliphatic rings. The van der Waals surface area contributed by atoms with E-state index in [-0.39, 0.29) is 30.8 Å². The molecular formula is C25H25N3O3. The minimum absolute atomic E-state index is 0.125. The first-order valence-electron chi connectivity index (χ1n) is 10.3. The lowest BCUT2D eigenvalue weighted by Gasteiger charge is -2.30. The van der Waals surface area contributed by atoms with E-state index in [1.54, 1.807) is 20.0 Å². The third kappa shape index (κ3) is 3.77. The molecule has 0 saturated heterocycles. The average molecular weight is 415 g/mol. The predicted octanol–water partition coefficient (Wildman–Crippen LogP) is 3.27. The highest BCUT2D eigenvalue weighted by atomic mass is 16.2. The van der Waals surface area contributed by atoms with Crippen molar-refractivity contribution in [3.05, 3.63) is 77.4 Å². The van der Waals surface area contributed by atoms with Crippen LogP contribution < -0.4 is 10.2 Å². The van der Waals surface area contributed by atoms with E-state index in [4.69, 9.17) is 0 Å². The van der Waals surface area contributed by atoms with Gasteiger partial charge >= 0.3 is 0 Å². The number of hydrogen-bond donors (Lipinski definition) is 1. The molecule has 1 aliphatic heterocycles. The Hall–Kier alpha value is -3.67. The van der Waals surface area contributed by atoms with Crippen LogP contribution in [0.5, 0.6) is 0 Å². The minimum Gasteiger partial charge on any atom is -0.357 e. The van der Waals surface area contributed by atoms with Crippen LogP contribution in [-0.2, 0) is 16.1 Å². The predicted molar refractivity (Wildman–Crippen MR) is 121 cm³/mol. The summed E-state index contributed by atoms with van der Waals surface area (Å²) >= 11 is 0. The van der Waals surface area contributed by atoms with Gasteiger partial charge in [0.05, 0.1) is 5.69 Å². The zero-order chi connectivity index (χ0) is 22.1. The summed E-state index contributed by atoms with van der Waals surface area (Å²) in [5, 5.41) is 4.45. The van der Waals surface area contributed by atoms with E-state index in [0.29, 0.717) is 5.56 Å². The molecule has 0 fully saturated rings. The van der Waals surface area contributed by atoms with Crippen molar-refractivity contribution in [2.45, 2.75) is 26.4 Å². The molecule has 1 atom stereocenters. The first-order valence-corrected chi connectivity index (χ1v) is 10.3. The van der Waals surface area contributed by atoms with E-state index >= 15 is 0 Å². The van der Waals surface area contributed by atoms with E-state index in [0.717, 1.165) is 27.6 Å². The molecule has 3 aromatic carbocycles. The summed E-state index contributed by atoms with van der Waals surface area (Å²) in [5.41, 5.74) is 3.34. The summed E-state index contributed by atoms with van der Waals surface area (Å²) in [6.45, 7) is 3.85. The molecule has 6 heteroatoms. The molecule has 158 valence electrons. The van der Waals surface area contributed by atoms with Gasteiger partial charge in [-0.1, -0.05) is 54.1 Å². The molecule has 3 aromatic rings. The van der Waals surface area contributed by atoms with Crippen molar-refractivity contribution in [1.29, 1.82) is 0 Å². The standard InChI is InChI=1S/C25H25N3O3/c1-16-7-4-8-18(13-16)14-27(17(2)24(30)26-3)22(29)15-28-21-12-6-10-19-9-5-11-20(23(19)21)25(28)31/h4-13,17H,14-15H2,1-3H3,(H,26,30). The maximum absolute atomic E-state index is 13.4. The van der Waals surface area contributed by atoms with Crippen LogP contribution in [0, 0.1) is 6.92 Å². The van der Waals surface area contributed by atoms with E-state index in [2.05, 4.69) is 5.32 Å². The summed E-state index contributed by atoms with van der Waals surface area (Å²) in [6, 6.07) is 18.5. The Labute approximate surface area is 181 Å². The highest BCUT2D eigenvalue weighted by Gasteiger charge is 2.34. The Morgan fingerprint density at radius 3 is 2.48 bits per heavy atom. The van der Waals surface area contributed by atoms with Crippen LogP contribution in [0.25, 0.3) is 10.8 Å². The Balaban J connectivity index is 1.64. The SMILES string of the molecule is CNC(=O)C(C)N(Cc1cccc(C)c1)C(=O)CN1C(=O)c2cccc3cccc1c23.